The van der Waals surface area contributed by atoms with Crippen LogP contribution < -0.4 is 15.4 Å². The summed E-state index contributed by atoms with van der Waals surface area (Å²) in [6.45, 7) is 0.431. The Kier molecular flexibility index (Phi) is 5.08. The van der Waals surface area contributed by atoms with Gasteiger partial charge in [-0.1, -0.05) is 12.1 Å². The Morgan fingerprint density at radius 3 is 2.75 bits per heavy atom. The third kappa shape index (κ3) is 4.11. The van der Waals surface area contributed by atoms with Crippen LogP contribution in [0.1, 0.15) is 5.56 Å². The SMILES string of the molecule is COc1cccc(CNC(=O)Nc2ccc(-c3nccs3)cc2)c1. The van der Waals surface area contributed by atoms with E-state index < -0.39 is 0 Å². The highest BCUT2D eigenvalue weighted by atomic mass is 32.1. The monoisotopic (exact) mass is 339 g/mol. The number of carbonyl (C=O) groups is 1. The first-order valence-electron chi connectivity index (χ1n) is 7.42. The van der Waals surface area contributed by atoms with Crippen LogP contribution in [0.25, 0.3) is 10.6 Å². The van der Waals surface area contributed by atoms with E-state index in [-0.39, 0.29) is 6.03 Å². The zero-order chi connectivity index (χ0) is 16.8. The molecule has 2 amide bonds. The number of benzene rings is 2. The molecule has 24 heavy (non-hydrogen) atoms. The molecule has 0 spiro atoms. The topological polar surface area (TPSA) is 63.2 Å². The van der Waals surface area contributed by atoms with Gasteiger partial charge in [-0.15, -0.1) is 11.3 Å². The standard InChI is InChI=1S/C18H17N3O2S/c1-23-16-4-2-3-13(11-16)12-20-18(22)21-15-7-5-14(6-8-15)17-19-9-10-24-17/h2-11H,12H2,1H3,(H2,20,21,22). The highest BCUT2D eigenvalue weighted by Crippen LogP contribution is 2.23. The first kappa shape index (κ1) is 16.0. The molecule has 0 bridgehead atoms. The van der Waals surface area contributed by atoms with Crippen molar-refractivity contribution in [3.05, 3.63) is 65.7 Å². The lowest BCUT2D eigenvalue weighted by molar-refractivity contribution is 0.251. The molecule has 0 aliphatic carbocycles. The molecule has 0 saturated carbocycles. The number of methoxy groups -OCH3 is 1. The minimum atomic E-state index is -0.250. The molecule has 1 aromatic heterocycles. The minimum Gasteiger partial charge on any atom is -0.497 e. The molecule has 122 valence electrons. The van der Waals surface area contributed by atoms with Gasteiger partial charge in [0.05, 0.1) is 7.11 Å². The fraction of sp³-hybridized carbons (Fsp3) is 0.111. The van der Waals surface area contributed by atoms with E-state index in [4.69, 9.17) is 4.74 Å². The molecule has 3 rings (SSSR count). The number of rotatable bonds is 5. The summed E-state index contributed by atoms with van der Waals surface area (Å²) in [7, 11) is 1.62. The van der Waals surface area contributed by atoms with Crippen molar-refractivity contribution in [1.29, 1.82) is 0 Å². The lowest BCUT2D eigenvalue weighted by Gasteiger charge is -2.09. The number of thiazole rings is 1. The van der Waals surface area contributed by atoms with Gasteiger partial charge in [0.25, 0.3) is 0 Å². The molecule has 2 aromatic carbocycles. The molecule has 3 aromatic rings. The van der Waals surface area contributed by atoms with Crippen molar-refractivity contribution in [3.8, 4) is 16.3 Å². The van der Waals surface area contributed by atoms with Crippen LogP contribution in [0.5, 0.6) is 5.75 Å². The Bertz CT molecular complexity index is 801. The van der Waals surface area contributed by atoms with Gasteiger partial charge in [0, 0.05) is 29.4 Å². The van der Waals surface area contributed by atoms with Crippen LogP contribution in [-0.4, -0.2) is 18.1 Å². The number of nitrogens with zero attached hydrogens (tertiary/aromatic N) is 1. The number of hydrogen-bond donors (Lipinski definition) is 2. The van der Waals surface area contributed by atoms with E-state index >= 15 is 0 Å². The molecule has 6 heteroatoms. The van der Waals surface area contributed by atoms with Crippen molar-refractivity contribution in [2.24, 2.45) is 0 Å². The minimum absolute atomic E-state index is 0.250. The van der Waals surface area contributed by atoms with Crippen LogP contribution in [-0.2, 0) is 6.54 Å². The summed E-state index contributed by atoms with van der Waals surface area (Å²) in [4.78, 5) is 16.3. The molecule has 0 radical (unpaired) electrons. The zero-order valence-electron chi connectivity index (χ0n) is 13.2. The van der Waals surface area contributed by atoms with Crippen LogP contribution in [0.3, 0.4) is 0 Å². The fourth-order valence-electron chi connectivity index (χ4n) is 2.20. The summed E-state index contributed by atoms with van der Waals surface area (Å²) < 4.78 is 5.17. The Morgan fingerprint density at radius 1 is 1.21 bits per heavy atom. The number of carbonyl (C=O) groups excluding carboxylic acids is 1. The van der Waals surface area contributed by atoms with Crippen LogP contribution in [0.4, 0.5) is 10.5 Å². The van der Waals surface area contributed by atoms with E-state index in [1.54, 1.807) is 24.6 Å². The predicted molar refractivity (Wildman–Crippen MR) is 96.4 cm³/mol. The fourth-order valence-corrected chi connectivity index (χ4v) is 2.85. The van der Waals surface area contributed by atoms with Crippen molar-refractivity contribution in [1.82, 2.24) is 10.3 Å². The summed E-state index contributed by atoms with van der Waals surface area (Å²) in [5, 5.41) is 8.54. The Hall–Kier alpha value is -2.86. The molecule has 5 nitrogen and oxygen atoms in total. The van der Waals surface area contributed by atoms with Gasteiger partial charge in [-0.25, -0.2) is 9.78 Å². The maximum Gasteiger partial charge on any atom is 0.319 e. The molecule has 2 N–H and O–H groups in total. The van der Waals surface area contributed by atoms with Crippen molar-refractivity contribution < 1.29 is 9.53 Å². The van der Waals surface area contributed by atoms with Crippen LogP contribution in [0, 0.1) is 0 Å². The average Bonchev–Trinajstić information content (AvgIpc) is 3.15. The first-order chi connectivity index (χ1) is 11.7. The number of ether oxygens (including phenoxy) is 1. The molecule has 0 fully saturated rings. The molecule has 1 heterocycles. The maximum atomic E-state index is 12.0. The van der Waals surface area contributed by atoms with E-state index in [0.29, 0.717) is 6.54 Å². The van der Waals surface area contributed by atoms with Gasteiger partial charge in [-0.05, 0) is 42.0 Å². The van der Waals surface area contributed by atoms with E-state index in [1.165, 1.54) is 0 Å². The normalized spacial score (nSPS) is 10.2. The highest BCUT2D eigenvalue weighted by molar-refractivity contribution is 7.13. The molecule has 0 atom stereocenters. The number of aromatic nitrogens is 1. The first-order valence-corrected chi connectivity index (χ1v) is 8.30. The van der Waals surface area contributed by atoms with Gasteiger partial charge in [0.2, 0.25) is 0 Å². The van der Waals surface area contributed by atoms with E-state index in [0.717, 1.165) is 27.6 Å². The van der Waals surface area contributed by atoms with Crippen molar-refractivity contribution in [2.45, 2.75) is 6.54 Å². The summed E-state index contributed by atoms with van der Waals surface area (Å²) >= 11 is 1.58. The second-order valence-electron chi connectivity index (χ2n) is 5.07. The smallest absolute Gasteiger partial charge is 0.319 e. The molecule has 0 unspecified atom stereocenters. The second kappa shape index (κ2) is 7.61. The number of amides is 2. The number of nitrogens with one attached hydrogen (secondary N) is 2. The average molecular weight is 339 g/mol. The van der Waals surface area contributed by atoms with E-state index in [1.807, 2.05) is 53.9 Å². The van der Waals surface area contributed by atoms with Gasteiger partial charge < -0.3 is 15.4 Å². The van der Waals surface area contributed by atoms with Gasteiger partial charge in [0.15, 0.2) is 0 Å². The van der Waals surface area contributed by atoms with Crippen molar-refractivity contribution in [2.75, 3.05) is 12.4 Å². The lowest BCUT2D eigenvalue weighted by atomic mass is 10.2. The third-order valence-corrected chi connectivity index (χ3v) is 4.23. The van der Waals surface area contributed by atoms with Crippen molar-refractivity contribution in [3.63, 3.8) is 0 Å². The molecular weight excluding hydrogens is 322 g/mol. The number of hydrogen-bond acceptors (Lipinski definition) is 4. The zero-order valence-corrected chi connectivity index (χ0v) is 14.0. The third-order valence-electron chi connectivity index (χ3n) is 3.41. The van der Waals surface area contributed by atoms with E-state index in [2.05, 4.69) is 15.6 Å². The summed E-state index contributed by atoms with van der Waals surface area (Å²) in [6, 6.07) is 14.9. The van der Waals surface area contributed by atoms with Gasteiger partial charge in [-0.2, -0.15) is 0 Å². The van der Waals surface area contributed by atoms with Gasteiger partial charge in [-0.3, -0.25) is 0 Å². The summed E-state index contributed by atoms with van der Waals surface area (Å²) in [5.41, 5.74) is 2.74. The largest absolute Gasteiger partial charge is 0.497 e. The van der Waals surface area contributed by atoms with Crippen LogP contribution in [0.15, 0.2) is 60.1 Å². The highest BCUT2D eigenvalue weighted by Gasteiger charge is 2.04. The summed E-state index contributed by atoms with van der Waals surface area (Å²) in [5.74, 6) is 0.771. The second-order valence-corrected chi connectivity index (χ2v) is 5.97. The van der Waals surface area contributed by atoms with Crippen LogP contribution in [0.2, 0.25) is 0 Å². The molecule has 0 saturated heterocycles. The number of urea groups is 1. The summed E-state index contributed by atoms with van der Waals surface area (Å²) in [6.07, 6.45) is 1.78. The van der Waals surface area contributed by atoms with Crippen LogP contribution >= 0.6 is 11.3 Å². The Balaban J connectivity index is 1.54. The molecule has 0 aliphatic heterocycles. The maximum absolute atomic E-state index is 12.0. The lowest BCUT2D eigenvalue weighted by Crippen LogP contribution is -2.28. The quantitative estimate of drug-likeness (QED) is 0.734. The Morgan fingerprint density at radius 2 is 2.04 bits per heavy atom. The molecular formula is C18H17N3O2S. The number of anilines is 1. The van der Waals surface area contributed by atoms with Gasteiger partial charge >= 0.3 is 6.03 Å². The molecule has 0 aliphatic rings. The van der Waals surface area contributed by atoms with E-state index in [9.17, 15) is 4.79 Å². The van der Waals surface area contributed by atoms with Gasteiger partial charge in [0.1, 0.15) is 10.8 Å². The predicted octanol–water partition coefficient (Wildman–Crippen LogP) is 4.14. The van der Waals surface area contributed by atoms with Crippen molar-refractivity contribution >= 4 is 23.1 Å². The Labute approximate surface area is 144 Å².